The van der Waals surface area contributed by atoms with Crippen LogP contribution in [0, 0.1) is 13.8 Å². The standard InChI is InChI=1S/C14H19N3OS/c1-9-6-10(2)8-11(7-9)16-14(19)17-5-3-4-12(17)13(15)18/h6-8,12H,3-5H2,1-2H3,(H2,15,18)(H,16,19)/t12-/m1/s1. The van der Waals surface area contributed by atoms with Crippen molar-refractivity contribution in [2.45, 2.75) is 32.7 Å². The molecule has 1 aromatic rings. The first-order valence-corrected chi connectivity index (χ1v) is 6.83. The van der Waals surface area contributed by atoms with Crippen LogP contribution in [0.4, 0.5) is 5.69 Å². The number of hydrogen-bond donors (Lipinski definition) is 2. The van der Waals surface area contributed by atoms with Gasteiger partial charge in [-0.3, -0.25) is 4.79 Å². The summed E-state index contributed by atoms with van der Waals surface area (Å²) in [6, 6.07) is 5.91. The summed E-state index contributed by atoms with van der Waals surface area (Å²) in [7, 11) is 0. The quantitative estimate of drug-likeness (QED) is 0.811. The minimum Gasteiger partial charge on any atom is -0.368 e. The second-order valence-corrected chi connectivity index (χ2v) is 5.45. The second kappa shape index (κ2) is 5.57. The third-order valence-corrected chi connectivity index (χ3v) is 3.65. The summed E-state index contributed by atoms with van der Waals surface area (Å²) in [6.45, 7) is 4.87. The Morgan fingerprint density at radius 2 is 2.00 bits per heavy atom. The maximum atomic E-state index is 11.4. The Morgan fingerprint density at radius 3 is 2.58 bits per heavy atom. The van der Waals surface area contributed by atoms with Crippen molar-refractivity contribution in [1.29, 1.82) is 0 Å². The van der Waals surface area contributed by atoms with Crippen molar-refractivity contribution in [3.8, 4) is 0 Å². The lowest BCUT2D eigenvalue weighted by atomic mass is 10.1. The number of benzene rings is 1. The number of amides is 1. The van der Waals surface area contributed by atoms with Gasteiger partial charge in [0.1, 0.15) is 6.04 Å². The Bertz CT molecular complexity index is 495. The topological polar surface area (TPSA) is 58.4 Å². The molecule has 0 aromatic heterocycles. The van der Waals surface area contributed by atoms with E-state index in [-0.39, 0.29) is 11.9 Å². The van der Waals surface area contributed by atoms with E-state index in [1.54, 1.807) is 0 Å². The van der Waals surface area contributed by atoms with Crippen LogP contribution in [0.2, 0.25) is 0 Å². The van der Waals surface area contributed by atoms with Gasteiger partial charge in [0.25, 0.3) is 0 Å². The highest BCUT2D eigenvalue weighted by Gasteiger charge is 2.30. The molecule has 1 aliphatic rings. The summed E-state index contributed by atoms with van der Waals surface area (Å²) in [5, 5.41) is 3.78. The normalized spacial score (nSPS) is 18.4. The molecule has 1 amide bonds. The van der Waals surface area contributed by atoms with Crippen molar-refractivity contribution in [2.75, 3.05) is 11.9 Å². The van der Waals surface area contributed by atoms with Crippen molar-refractivity contribution in [1.82, 2.24) is 4.90 Å². The second-order valence-electron chi connectivity index (χ2n) is 5.06. The molecule has 0 saturated carbocycles. The van der Waals surface area contributed by atoms with E-state index in [9.17, 15) is 4.79 Å². The summed E-state index contributed by atoms with van der Waals surface area (Å²) in [5.41, 5.74) is 8.71. The van der Waals surface area contributed by atoms with Gasteiger partial charge in [0, 0.05) is 12.2 Å². The lowest BCUT2D eigenvalue weighted by molar-refractivity contribution is -0.121. The molecule has 3 N–H and O–H groups in total. The molecule has 102 valence electrons. The fourth-order valence-electron chi connectivity index (χ4n) is 2.55. The average molecular weight is 277 g/mol. The highest BCUT2D eigenvalue weighted by Crippen LogP contribution is 2.20. The number of likely N-dealkylation sites (tertiary alicyclic amines) is 1. The number of rotatable bonds is 2. The first-order chi connectivity index (χ1) is 8.97. The number of carbonyl (C=O) groups excluding carboxylic acids is 1. The van der Waals surface area contributed by atoms with Crippen LogP contribution >= 0.6 is 12.2 Å². The number of nitrogens with zero attached hydrogens (tertiary/aromatic N) is 1. The monoisotopic (exact) mass is 277 g/mol. The number of primary amides is 1. The third kappa shape index (κ3) is 3.23. The molecule has 19 heavy (non-hydrogen) atoms. The maximum Gasteiger partial charge on any atom is 0.240 e. The van der Waals surface area contributed by atoms with E-state index < -0.39 is 0 Å². The van der Waals surface area contributed by atoms with Crippen molar-refractivity contribution in [3.05, 3.63) is 29.3 Å². The minimum atomic E-state index is -0.304. The van der Waals surface area contributed by atoms with Gasteiger partial charge >= 0.3 is 0 Å². The number of aryl methyl sites for hydroxylation is 2. The summed E-state index contributed by atoms with van der Waals surface area (Å²) in [4.78, 5) is 13.3. The van der Waals surface area contributed by atoms with Gasteiger partial charge in [-0.2, -0.15) is 0 Å². The molecular formula is C14H19N3OS. The van der Waals surface area contributed by atoms with E-state index in [4.69, 9.17) is 18.0 Å². The number of hydrogen-bond acceptors (Lipinski definition) is 2. The smallest absolute Gasteiger partial charge is 0.240 e. The molecule has 0 aliphatic carbocycles. The Morgan fingerprint density at radius 1 is 1.37 bits per heavy atom. The molecule has 5 heteroatoms. The van der Waals surface area contributed by atoms with Gasteiger partial charge < -0.3 is 16.0 Å². The fourth-order valence-corrected chi connectivity index (χ4v) is 2.88. The van der Waals surface area contributed by atoms with Gasteiger partial charge in [-0.05, 0) is 62.2 Å². The number of carbonyl (C=O) groups is 1. The van der Waals surface area contributed by atoms with E-state index in [2.05, 4.69) is 11.4 Å². The molecule has 1 aliphatic heterocycles. The Hall–Kier alpha value is -1.62. The SMILES string of the molecule is Cc1cc(C)cc(NC(=S)N2CCC[C@@H]2C(N)=O)c1. The third-order valence-electron chi connectivity index (χ3n) is 3.32. The lowest BCUT2D eigenvalue weighted by Gasteiger charge is -2.25. The predicted octanol–water partition coefficient (Wildman–Crippen LogP) is 1.95. The first kappa shape index (κ1) is 13.8. The van der Waals surface area contributed by atoms with Crippen LogP contribution in [0.3, 0.4) is 0 Å². The van der Waals surface area contributed by atoms with Gasteiger partial charge in [0.05, 0.1) is 0 Å². The average Bonchev–Trinajstić information content (AvgIpc) is 2.75. The van der Waals surface area contributed by atoms with Crippen LogP contribution in [-0.2, 0) is 4.79 Å². The van der Waals surface area contributed by atoms with Gasteiger partial charge in [-0.15, -0.1) is 0 Å². The summed E-state index contributed by atoms with van der Waals surface area (Å²) in [5.74, 6) is -0.304. The van der Waals surface area contributed by atoms with Crippen LogP contribution in [0.15, 0.2) is 18.2 Å². The largest absolute Gasteiger partial charge is 0.368 e. The molecule has 4 nitrogen and oxygen atoms in total. The minimum absolute atomic E-state index is 0.272. The van der Waals surface area contributed by atoms with Gasteiger partial charge in [0.15, 0.2) is 5.11 Å². The molecule has 1 atom stereocenters. The van der Waals surface area contributed by atoms with Crippen molar-refractivity contribution >= 4 is 28.9 Å². The number of nitrogens with one attached hydrogen (secondary N) is 1. The summed E-state index contributed by atoms with van der Waals surface area (Å²) < 4.78 is 0. The van der Waals surface area contributed by atoms with Crippen LogP contribution in [0.1, 0.15) is 24.0 Å². The zero-order valence-electron chi connectivity index (χ0n) is 11.3. The summed E-state index contributed by atoms with van der Waals surface area (Å²) >= 11 is 5.39. The van der Waals surface area contributed by atoms with Gasteiger partial charge in [-0.25, -0.2) is 0 Å². The Labute approximate surface area is 119 Å². The highest BCUT2D eigenvalue weighted by atomic mass is 32.1. The van der Waals surface area contributed by atoms with E-state index in [0.717, 1.165) is 25.1 Å². The zero-order chi connectivity index (χ0) is 14.0. The molecule has 0 spiro atoms. The maximum absolute atomic E-state index is 11.4. The molecule has 1 aromatic carbocycles. The van der Waals surface area contributed by atoms with Crippen molar-refractivity contribution < 1.29 is 4.79 Å². The van der Waals surface area contributed by atoms with Crippen LogP contribution in [-0.4, -0.2) is 28.5 Å². The molecule has 0 unspecified atom stereocenters. The molecule has 0 radical (unpaired) electrons. The molecule has 1 fully saturated rings. The highest BCUT2D eigenvalue weighted by molar-refractivity contribution is 7.80. The molecule has 1 saturated heterocycles. The Balaban J connectivity index is 2.10. The van der Waals surface area contributed by atoms with E-state index in [1.807, 2.05) is 30.9 Å². The number of thiocarbonyl (C=S) groups is 1. The lowest BCUT2D eigenvalue weighted by Crippen LogP contribution is -2.45. The van der Waals surface area contributed by atoms with E-state index >= 15 is 0 Å². The van der Waals surface area contributed by atoms with Crippen molar-refractivity contribution in [2.24, 2.45) is 5.73 Å². The zero-order valence-corrected chi connectivity index (χ0v) is 12.1. The first-order valence-electron chi connectivity index (χ1n) is 6.42. The molecule has 2 rings (SSSR count). The van der Waals surface area contributed by atoms with Crippen LogP contribution in [0.5, 0.6) is 0 Å². The van der Waals surface area contributed by atoms with Crippen LogP contribution < -0.4 is 11.1 Å². The Kier molecular flexibility index (Phi) is 4.04. The van der Waals surface area contributed by atoms with Gasteiger partial charge in [0.2, 0.25) is 5.91 Å². The molecule has 1 heterocycles. The van der Waals surface area contributed by atoms with E-state index in [0.29, 0.717) is 5.11 Å². The molecule has 0 bridgehead atoms. The molecular weight excluding hydrogens is 258 g/mol. The predicted molar refractivity (Wildman–Crippen MR) is 81.1 cm³/mol. The number of nitrogens with two attached hydrogens (primary N) is 1. The van der Waals surface area contributed by atoms with Crippen LogP contribution in [0.25, 0.3) is 0 Å². The van der Waals surface area contributed by atoms with E-state index in [1.165, 1.54) is 11.1 Å². The van der Waals surface area contributed by atoms with Gasteiger partial charge in [-0.1, -0.05) is 6.07 Å². The van der Waals surface area contributed by atoms with Crippen molar-refractivity contribution in [3.63, 3.8) is 0 Å². The fraction of sp³-hybridized carbons (Fsp3) is 0.429. The summed E-state index contributed by atoms with van der Waals surface area (Å²) in [6.07, 6.45) is 1.73. The number of anilines is 1.